The average Bonchev–Trinajstić information content (AvgIpc) is 2.80. The number of benzene rings is 1. The first kappa shape index (κ1) is 15.4. The summed E-state index contributed by atoms with van der Waals surface area (Å²) in [4.78, 5) is 11.8. The summed E-state index contributed by atoms with van der Waals surface area (Å²) in [5.41, 5.74) is -0.664. The molecule has 1 heterocycles. The summed E-state index contributed by atoms with van der Waals surface area (Å²) in [6, 6.07) is 4.57. The molecular weight excluding hydrogens is 305 g/mol. The molecule has 1 N–H and O–H groups in total. The van der Waals surface area contributed by atoms with E-state index in [1.165, 1.54) is 17.5 Å². The van der Waals surface area contributed by atoms with E-state index in [0.29, 0.717) is 0 Å². The standard InChI is InChI=1S/C14H11F3O3S/c1-2-20-13(19)10-7-21-12(11(10)18)8-4-3-5-9(6-8)14(15,16)17/h3-7,18H,2H2,1H3. The van der Waals surface area contributed by atoms with Gasteiger partial charge in [0.1, 0.15) is 11.3 Å². The van der Waals surface area contributed by atoms with Gasteiger partial charge in [0.2, 0.25) is 0 Å². The van der Waals surface area contributed by atoms with Crippen molar-refractivity contribution in [3.05, 3.63) is 40.8 Å². The van der Waals surface area contributed by atoms with E-state index in [-0.39, 0.29) is 28.4 Å². The Morgan fingerprint density at radius 1 is 1.38 bits per heavy atom. The maximum absolute atomic E-state index is 12.7. The molecule has 7 heteroatoms. The Kier molecular flexibility index (Phi) is 4.22. The summed E-state index contributed by atoms with van der Waals surface area (Å²) >= 11 is 0.985. The highest BCUT2D eigenvalue weighted by Gasteiger charge is 2.31. The Labute approximate surface area is 122 Å². The number of aromatic hydroxyl groups is 1. The summed E-state index contributed by atoms with van der Waals surface area (Å²) in [6.45, 7) is 1.77. The zero-order chi connectivity index (χ0) is 15.6. The zero-order valence-electron chi connectivity index (χ0n) is 10.9. The fourth-order valence-corrected chi connectivity index (χ4v) is 2.68. The number of thiophene rings is 1. The van der Waals surface area contributed by atoms with Gasteiger partial charge in [-0.3, -0.25) is 0 Å². The average molecular weight is 316 g/mol. The lowest BCUT2D eigenvalue weighted by Gasteiger charge is -2.08. The molecule has 0 atom stereocenters. The molecule has 0 aliphatic rings. The van der Waals surface area contributed by atoms with E-state index in [2.05, 4.69) is 0 Å². The second-order valence-corrected chi connectivity index (χ2v) is 5.01. The van der Waals surface area contributed by atoms with Crippen LogP contribution in [0.15, 0.2) is 29.6 Å². The molecular formula is C14H11F3O3S. The molecule has 0 saturated carbocycles. The summed E-state index contributed by atoms with van der Waals surface area (Å²) in [7, 11) is 0. The lowest BCUT2D eigenvalue weighted by Crippen LogP contribution is -2.04. The van der Waals surface area contributed by atoms with Crippen LogP contribution in [-0.2, 0) is 10.9 Å². The van der Waals surface area contributed by atoms with Crippen molar-refractivity contribution in [3.63, 3.8) is 0 Å². The van der Waals surface area contributed by atoms with Crippen LogP contribution in [0.4, 0.5) is 13.2 Å². The molecule has 0 spiro atoms. The minimum absolute atomic E-state index is 0.0470. The van der Waals surface area contributed by atoms with Gasteiger partial charge in [0, 0.05) is 5.38 Å². The first-order valence-corrected chi connectivity index (χ1v) is 6.87. The van der Waals surface area contributed by atoms with Gasteiger partial charge >= 0.3 is 12.1 Å². The third-order valence-electron chi connectivity index (χ3n) is 2.71. The Bertz CT molecular complexity index is 662. The highest BCUT2D eigenvalue weighted by atomic mass is 32.1. The maximum atomic E-state index is 12.7. The van der Waals surface area contributed by atoms with Crippen molar-refractivity contribution in [2.45, 2.75) is 13.1 Å². The first-order chi connectivity index (χ1) is 9.84. The highest BCUT2D eigenvalue weighted by Crippen LogP contribution is 2.40. The van der Waals surface area contributed by atoms with E-state index < -0.39 is 17.7 Å². The van der Waals surface area contributed by atoms with E-state index in [1.54, 1.807) is 6.92 Å². The largest absolute Gasteiger partial charge is 0.506 e. The SMILES string of the molecule is CCOC(=O)c1csc(-c2cccc(C(F)(F)F)c2)c1O. The molecule has 1 aromatic carbocycles. The molecule has 0 radical (unpaired) electrons. The molecule has 0 fully saturated rings. The van der Waals surface area contributed by atoms with E-state index in [9.17, 15) is 23.1 Å². The van der Waals surface area contributed by atoms with Crippen LogP contribution in [0.1, 0.15) is 22.8 Å². The fraction of sp³-hybridized carbons (Fsp3) is 0.214. The molecule has 1 aromatic heterocycles. The summed E-state index contributed by atoms with van der Waals surface area (Å²) in [6.07, 6.45) is -4.47. The highest BCUT2D eigenvalue weighted by molar-refractivity contribution is 7.14. The minimum Gasteiger partial charge on any atom is -0.506 e. The molecule has 2 rings (SSSR count). The van der Waals surface area contributed by atoms with Gasteiger partial charge in [0.25, 0.3) is 0 Å². The van der Waals surface area contributed by atoms with Gasteiger partial charge in [0.15, 0.2) is 0 Å². The summed E-state index contributed by atoms with van der Waals surface area (Å²) < 4.78 is 42.8. The molecule has 2 aromatic rings. The normalized spacial score (nSPS) is 11.4. The van der Waals surface area contributed by atoms with E-state index >= 15 is 0 Å². The molecule has 0 aliphatic heterocycles. The van der Waals surface area contributed by atoms with Crippen LogP contribution in [0.3, 0.4) is 0 Å². The zero-order valence-corrected chi connectivity index (χ0v) is 11.7. The van der Waals surface area contributed by atoms with Crippen molar-refractivity contribution in [1.82, 2.24) is 0 Å². The van der Waals surface area contributed by atoms with Gasteiger partial charge in [-0.1, -0.05) is 12.1 Å². The third-order valence-corrected chi connectivity index (χ3v) is 3.73. The third kappa shape index (κ3) is 3.18. The van der Waals surface area contributed by atoms with Crippen molar-refractivity contribution in [2.75, 3.05) is 6.61 Å². The Morgan fingerprint density at radius 2 is 2.10 bits per heavy atom. The van der Waals surface area contributed by atoms with Gasteiger partial charge < -0.3 is 9.84 Å². The molecule has 0 aliphatic carbocycles. The van der Waals surface area contributed by atoms with E-state index in [0.717, 1.165) is 23.5 Å². The van der Waals surface area contributed by atoms with Crippen molar-refractivity contribution in [1.29, 1.82) is 0 Å². The Balaban J connectivity index is 2.42. The predicted octanol–water partition coefficient (Wildman–Crippen LogP) is 4.32. The van der Waals surface area contributed by atoms with E-state index in [4.69, 9.17) is 4.74 Å². The Morgan fingerprint density at radius 3 is 2.71 bits per heavy atom. The first-order valence-electron chi connectivity index (χ1n) is 5.99. The Hall–Kier alpha value is -2.02. The van der Waals surface area contributed by atoms with Crippen molar-refractivity contribution < 1.29 is 27.8 Å². The quantitative estimate of drug-likeness (QED) is 0.858. The minimum atomic E-state index is -4.47. The number of carbonyl (C=O) groups excluding carboxylic acids is 1. The lowest BCUT2D eigenvalue weighted by atomic mass is 10.1. The molecule has 21 heavy (non-hydrogen) atoms. The fourth-order valence-electron chi connectivity index (χ4n) is 1.75. The molecule has 3 nitrogen and oxygen atoms in total. The number of esters is 1. The van der Waals surface area contributed by atoms with Crippen molar-refractivity contribution >= 4 is 17.3 Å². The van der Waals surface area contributed by atoms with Gasteiger partial charge in [0.05, 0.1) is 17.0 Å². The van der Waals surface area contributed by atoms with Gasteiger partial charge in [-0.15, -0.1) is 11.3 Å². The van der Waals surface area contributed by atoms with E-state index in [1.807, 2.05) is 0 Å². The number of carbonyl (C=O) groups is 1. The summed E-state index contributed by atoms with van der Waals surface area (Å²) in [5.74, 6) is -1.07. The number of hydrogen-bond donors (Lipinski definition) is 1. The second kappa shape index (κ2) is 5.77. The van der Waals surface area contributed by atoms with Crippen LogP contribution in [0.2, 0.25) is 0 Å². The number of rotatable bonds is 3. The van der Waals surface area contributed by atoms with Crippen LogP contribution in [0.5, 0.6) is 5.75 Å². The smallest absolute Gasteiger partial charge is 0.416 e. The van der Waals surface area contributed by atoms with Gasteiger partial charge in [-0.05, 0) is 24.6 Å². The van der Waals surface area contributed by atoms with Crippen LogP contribution in [-0.4, -0.2) is 17.7 Å². The van der Waals surface area contributed by atoms with Crippen LogP contribution < -0.4 is 0 Å². The topological polar surface area (TPSA) is 46.5 Å². The molecule has 112 valence electrons. The van der Waals surface area contributed by atoms with Crippen molar-refractivity contribution in [3.8, 4) is 16.2 Å². The monoisotopic (exact) mass is 316 g/mol. The number of alkyl halides is 3. The maximum Gasteiger partial charge on any atom is 0.416 e. The molecule has 0 unspecified atom stereocenters. The second-order valence-electron chi connectivity index (χ2n) is 4.13. The van der Waals surface area contributed by atoms with Gasteiger partial charge in [-0.25, -0.2) is 4.79 Å². The van der Waals surface area contributed by atoms with Crippen LogP contribution in [0.25, 0.3) is 10.4 Å². The predicted molar refractivity (Wildman–Crippen MR) is 72.4 cm³/mol. The van der Waals surface area contributed by atoms with Crippen LogP contribution >= 0.6 is 11.3 Å². The number of ether oxygens (including phenoxy) is 1. The molecule has 0 amide bonds. The van der Waals surface area contributed by atoms with Crippen molar-refractivity contribution in [2.24, 2.45) is 0 Å². The molecule has 0 bridgehead atoms. The van der Waals surface area contributed by atoms with Gasteiger partial charge in [-0.2, -0.15) is 13.2 Å². The lowest BCUT2D eigenvalue weighted by molar-refractivity contribution is -0.137. The number of halogens is 3. The van der Waals surface area contributed by atoms with Crippen LogP contribution in [0, 0.1) is 0 Å². The number of hydrogen-bond acceptors (Lipinski definition) is 4. The molecule has 0 saturated heterocycles. The summed E-state index contributed by atoms with van der Waals surface area (Å²) in [5, 5.41) is 11.4.